The SMILES string of the molecule is Cc1cc(F)cc2c(I)nn(-c3ccc(F)nc3)c12. The van der Waals surface area contributed by atoms with Crippen LogP contribution in [0.4, 0.5) is 8.78 Å². The van der Waals surface area contributed by atoms with Crippen molar-refractivity contribution >= 4 is 33.5 Å². The first-order chi connectivity index (χ1) is 9.06. The summed E-state index contributed by atoms with van der Waals surface area (Å²) >= 11 is 2.05. The average molecular weight is 371 g/mol. The lowest BCUT2D eigenvalue weighted by molar-refractivity contribution is 0.582. The number of pyridine rings is 1. The zero-order valence-corrected chi connectivity index (χ0v) is 12.0. The van der Waals surface area contributed by atoms with Crippen LogP contribution in [0.2, 0.25) is 0 Å². The van der Waals surface area contributed by atoms with Crippen LogP contribution in [0.1, 0.15) is 5.56 Å². The van der Waals surface area contributed by atoms with Crippen LogP contribution in [0.25, 0.3) is 16.6 Å². The van der Waals surface area contributed by atoms with Gasteiger partial charge in [0.1, 0.15) is 9.52 Å². The summed E-state index contributed by atoms with van der Waals surface area (Å²) in [6, 6.07) is 5.76. The van der Waals surface area contributed by atoms with Crippen LogP contribution >= 0.6 is 22.6 Å². The number of hydrogen-bond acceptors (Lipinski definition) is 2. The summed E-state index contributed by atoms with van der Waals surface area (Å²) in [4.78, 5) is 3.61. The molecule has 3 aromatic rings. The topological polar surface area (TPSA) is 30.7 Å². The van der Waals surface area contributed by atoms with Crippen molar-refractivity contribution in [2.75, 3.05) is 0 Å². The molecule has 0 saturated carbocycles. The molecule has 0 saturated heterocycles. The molecule has 0 unspecified atom stereocenters. The molecule has 0 aliphatic rings. The van der Waals surface area contributed by atoms with Gasteiger partial charge in [0.25, 0.3) is 0 Å². The van der Waals surface area contributed by atoms with Crippen LogP contribution in [0.5, 0.6) is 0 Å². The number of halogens is 3. The van der Waals surface area contributed by atoms with Gasteiger partial charge in [0, 0.05) is 5.39 Å². The van der Waals surface area contributed by atoms with E-state index in [0.717, 1.165) is 16.5 Å². The molecule has 0 atom stereocenters. The number of nitrogens with zero attached hydrogens (tertiary/aromatic N) is 3. The molecule has 19 heavy (non-hydrogen) atoms. The summed E-state index contributed by atoms with van der Waals surface area (Å²) < 4.78 is 28.6. The molecule has 0 radical (unpaired) electrons. The predicted molar refractivity (Wildman–Crippen MR) is 76.2 cm³/mol. The Hall–Kier alpha value is -1.57. The standard InChI is InChI=1S/C13H8F2IN3/c1-7-4-8(14)5-10-12(7)19(18-13(10)16)9-2-3-11(15)17-6-9/h2-6H,1H3. The fourth-order valence-corrected chi connectivity index (χ4v) is 2.67. The van der Waals surface area contributed by atoms with Gasteiger partial charge < -0.3 is 0 Å². The average Bonchev–Trinajstić information content (AvgIpc) is 2.68. The van der Waals surface area contributed by atoms with Gasteiger partial charge in [-0.25, -0.2) is 14.1 Å². The van der Waals surface area contributed by atoms with Crippen molar-refractivity contribution in [3.63, 3.8) is 0 Å². The summed E-state index contributed by atoms with van der Waals surface area (Å²) in [5.74, 6) is -0.836. The van der Waals surface area contributed by atoms with Gasteiger partial charge in [0.05, 0.1) is 17.4 Å². The lowest BCUT2D eigenvalue weighted by atomic mass is 10.1. The second kappa shape index (κ2) is 4.52. The Morgan fingerprint density at radius 1 is 1.21 bits per heavy atom. The molecule has 2 heterocycles. The predicted octanol–water partition coefficient (Wildman–Crippen LogP) is 3.61. The van der Waals surface area contributed by atoms with Crippen LogP contribution in [0, 0.1) is 22.4 Å². The molecule has 0 N–H and O–H groups in total. The lowest BCUT2D eigenvalue weighted by Gasteiger charge is -2.05. The summed E-state index contributed by atoms with van der Waals surface area (Å²) in [6.07, 6.45) is 1.40. The first-order valence-corrected chi connectivity index (χ1v) is 6.60. The Bertz CT molecular complexity index is 766. The van der Waals surface area contributed by atoms with Gasteiger partial charge in [-0.15, -0.1) is 0 Å². The Kier molecular flexibility index (Phi) is 2.96. The van der Waals surface area contributed by atoms with Crippen LogP contribution in [-0.4, -0.2) is 14.8 Å². The summed E-state index contributed by atoms with van der Waals surface area (Å²) in [5, 5.41) is 5.10. The third-order valence-corrected chi connectivity index (χ3v) is 3.64. The Labute approximate surface area is 121 Å². The largest absolute Gasteiger partial charge is 0.230 e. The van der Waals surface area contributed by atoms with Crippen molar-refractivity contribution < 1.29 is 8.78 Å². The second-order valence-corrected chi connectivity index (χ2v) is 5.18. The minimum atomic E-state index is -0.544. The van der Waals surface area contributed by atoms with Crippen molar-refractivity contribution in [2.24, 2.45) is 0 Å². The van der Waals surface area contributed by atoms with E-state index in [9.17, 15) is 8.78 Å². The summed E-state index contributed by atoms with van der Waals surface area (Å²) in [5.41, 5.74) is 2.22. The van der Waals surface area contributed by atoms with Gasteiger partial charge in [-0.1, -0.05) is 0 Å². The highest BCUT2D eigenvalue weighted by Crippen LogP contribution is 2.27. The van der Waals surface area contributed by atoms with E-state index in [4.69, 9.17) is 0 Å². The molecule has 1 aromatic carbocycles. The van der Waals surface area contributed by atoms with Gasteiger partial charge in [0.2, 0.25) is 5.95 Å². The Morgan fingerprint density at radius 2 is 2.00 bits per heavy atom. The highest BCUT2D eigenvalue weighted by molar-refractivity contribution is 14.1. The van der Waals surface area contributed by atoms with E-state index in [1.54, 1.807) is 10.7 Å². The third kappa shape index (κ3) is 2.09. The van der Waals surface area contributed by atoms with E-state index in [1.807, 2.05) is 6.92 Å². The molecule has 0 aliphatic carbocycles. The molecule has 2 aromatic heterocycles. The van der Waals surface area contributed by atoms with Crippen LogP contribution < -0.4 is 0 Å². The zero-order valence-electron chi connectivity index (χ0n) is 9.86. The molecule has 0 amide bonds. The molecular formula is C13H8F2IN3. The van der Waals surface area contributed by atoms with Crippen molar-refractivity contribution in [1.29, 1.82) is 0 Å². The van der Waals surface area contributed by atoms with Crippen molar-refractivity contribution in [2.45, 2.75) is 6.92 Å². The van der Waals surface area contributed by atoms with E-state index < -0.39 is 5.95 Å². The third-order valence-electron chi connectivity index (χ3n) is 2.84. The molecule has 3 rings (SSSR count). The molecule has 0 aliphatic heterocycles. The maximum Gasteiger partial charge on any atom is 0.212 e. The van der Waals surface area contributed by atoms with Gasteiger partial charge in [0.15, 0.2) is 0 Å². The van der Waals surface area contributed by atoms with Gasteiger partial charge >= 0.3 is 0 Å². The fourth-order valence-electron chi connectivity index (χ4n) is 2.05. The maximum absolute atomic E-state index is 13.4. The van der Waals surface area contributed by atoms with Crippen molar-refractivity contribution in [1.82, 2.24) is 14.8 Å². The zero-order chi connectivity index (χ0) is 13.6. The molecule has 96 valence electrons. The minimum absolute atomic E-state index is 0.292. The molecule has 6 heteroatoms. The minimum Gasteiger partial charge on any atom is -0.230 e. The Morgan fingerprint density at radius 3 is 2.68 bits per heavy atom. The number of rotatable bonds is 1. The van der Waals surface area contributed by atoms with E-state index in [0.29, 0.717) is 9.39 Å². The molecule has 0 bridgehead atoms. The number of aryl methyl sites for hydroxylation is 1. The number of aromatic nitrogens is 3. The first-order valence-electron chi connectivity index (χ1n) is 5.52. The first kappa shape index (κ1) is 12.5. The summed E-state index contributed by atoms with van der Waals surface area (Å²) in [6.45, 7) is 1.82. The van der Waals surface area contributed by atoms with E-state index in [2.05, 4.69) is 32.7 Å². The highest BCUT2D eigenvalue weighted by Gasteiger charge is 2.14. The second-order valence-electron chi connectivity index (χ2n) is 4.16. The van der Waals surface area contributed by atoms with E-state index >= 15 is 0 Å². The smallest absolute Gasteiger partial charge is 0.212 e. The molecule has 0 fully saturated rings. The van der Waals surface area contributed by atoms with Gasteiger partial charge in [-0.3, -0.25) is 0 Å². The maximum atomic E-state index is 13.4. The van der Waals surface area contributed by atoms with Crippen molar-refractivity contribution in [3.05, 3.63) is 51.5 Å². The van der Waals surface area contributed by atoms with Crippen LogP contribution in [-0.2, 0) is 0 Å². The molecule has 3 nitrogen and oxygen atoms in total. The number of benzene rings is 1. The van der Waals surface area contributed by atoms with Crippen LogP contribution in [0.15, 0.2) is 30.5 Å². The molecule has 0 spiro atoms. The molecular weight excluding hydrogens is 363 g/mol. The van der Waals surface area contributed by atoms with Crippen molar-refractivity contribution in [3.8, 4) is 5.69 Å². The van der Waals surface area contributed by atoms with Gasteiger partial charge in [-0.05, 0) is 59.3 Å². The number of hydrogen-bond donors (Lipinski definition) is 0. The van der Waals surface area contributed by atoms with Crippen LogP contribution in [0.3, 0.4) is 0 Å². The quantitative estimate of drug-likeness (QED) is 0.483. The summed E-state index contributed by atoms with van der Waals surface area (Å²) in [7, 11) is 0. The van der Waals surface area contributed by atoms with E-state index in [-0.39, 0.29) is 5.82 Å². The van der Waals surface area contributed by atoms with E-state index in [1.165, 1.54) is 24.4 Å². The monoisotopic (exact) mass is 371 g/mol. The Balaban J connectivity index is 2.33. The highest BCUT2D eigenvalue weighted by atomic mass is 127. The number of fused-ring (bicyclic) bond motifs is 1. The fraction of sp³-hybridized carbons (Fsp3) is 0.0769. The normalized spacial score (nSPS) is 11.2. The van der Waals surface area contributed by atoms with Gasteiger partial charge in [-0.2, -0.15) is 9.49 Å². The lowest BCUT2D eigenvalue weighted by Crippen LogP contribution is -1.99.